The number of anilines is 1. The molecular formula is C20H18N2O2S. The number of carbonyl (C=O) groups is 1. The van der Waals surface area contributed by atoms with Gasteiger partial charge in [0.15, 0.2) is 0 Å². The zero-order valence-corrected chi connectivity index (χ0v) is 14.5. The summed E-state index contributed by atoms with van der Waals surface area (Å²) >= 11 is 1.54. The third kappa shape index (κ3) is 3.72. The summed E-state index contributed by atoms with van der Waals surface area (Å²) in [5.74, 6) is 0.534. The summed E-state index contributed by atoms with van der Waals surface area (Å²) in [6.45, 7) is 0.402. The van der Waals surface area contributed by atoms with Crippen LogP contribution in [0.1, 0.15) is 33.6 Å². The second-order valence-electron chi connectivity index (χ2n) is 6.09. The lowest BCUT2D eigenvalue weighted by molar-refractivity contribution is 0.102. The lowest BCUT2D eigenvalue weighted by Crippen LogP contribution is -2.12. The number of benzene rings is 2. The van der Waals surface area contributed by atoms with Gasteiger partial charge in [0.2, 0.25) is 0 Å². The molecule has 0 atom stereocenters. The molecule has 4 nitrogen and oxygen atoms in total. The molecule has 1 aliphatic rings. The molecular weight excluding hydrogens is 332 g/mol. The SMILES string of the molecule is O=C(Nc1ccc2c(c1)CCC2)c1cccc(OCc2cscn2)c1. The van der Waals surface area contributed by atoms with Crippen molar-refractivity contribution in [1.29, 1.82) is 0 Å². The van der Waals surface area contributed by atoms with E-state index in [1.165, 1.54) is 28.9 Å². The van der Waals surface area contributed by atoms with Crippen LogP contribution in [-0.4, -0.2) is 10.9 Å². The summed E-state index contributed by atoms with van der Waals surface area (Å²) in [5, 5.41) is 4.93. The smallest absolute Gasteiger partial charge is 0.255 e. The van der Waals surface area contributed by atoms with E-state index in [1.807, 2.05) is 23.6 Å². The maximum atomic E-state index is 12.5. The number of fused-ring (bicyclic) bond motifs is 1. The van der Waals surface area contributed by atoms with Gasteiger partial charge in [-0.1, -0.05) is 12.1 Å². The van der Waals surface area contributed by atoms with Crippen molar-refractivity contribution in [2.45, 2.75) is 25.9 Å². The number of nitrogens with zero attached hydrogens (tertiary/aromatic N) is 1. The number of nitrogens with one attached hydrogen (secondary N) is 1. The highest BCUT2D eigenvalue weighted by Gasteiger charge is 2.13. The van der Waals surface area contributed by atoms with Gasteiger partial charge in [0.05, 0.1) is 11.2 Å². The molecule has 1 aliphatic carbocycles. The van der Waals surface area contributed by atoms with Gasteiger partial charge in [0, 0.05) is 16.6 Å². The van der Waals surface area contributed by atoms with Crippen molar-refractivity contribution in [3.05, 3.63) is 75.7 Å². The van der Waals surface area contributed by atoms with Crippen LogP contribution in [0.2, 0.25) is 0 Å². The third-order valence-corrected chi connectivity index (χ3v) is 4.96. The molecule has 0 saturated heterocycles. The van der Waals surface area contributed by atoms with Crippen LogP contribution in [0, 0.1) is 0 Å². The van der Waals surface area contributed by atoms with E-state index in [0.29, 0.717) is 17.9 Å². The predicted octanol–water partition coefficient (Wildman–Crippen LogP) is 4.46. The lowest BCUT2D eigenvalue weighted by Gasteiger charge is -2.09. The molecule has 0 radical (unpaired) electrons. The Balaban J connectivity index is 1.44. The Labute approximate surface area is 150 Å². The number of rotatable bonds is 5. The van der Waals surface area contributed by atoms with E-state index in [4.69, 9.17) is 4.74 Å². The molecule has 126 valence electrons. The maximum Gasteiger partial charge on any atom is 0.255 e. The first-order valence-electron chi connectivity index (χ1n) is 8.31. The van der Waals surface area contributed by atoms with Gasteiger partial charge in [0.25, 0.3) is 5.91 Å². The first-order valence-corrected chi connectivity index (χ1v) is 9.25. The third-order valence-electron chi connectivity index (χ3n) is 4.32. The minimum atomic E-state index is -0.128. The van der Waals surface area contributed by atoms with Gasteiger partial charge in [-0.2, -0.15) is 0 Å². The molecule has 1 amide bonds. The molecule has 1 N–H and O–H groups in total. The van der Waals surface area contributed by atoms with Crippen LogP contribution >= 0.6 is 11.3 Å². The Morgan fingerprint density at radius 1 is 1.16 bits per heavy atom. The van der Waals surface area contributed by atoms with Gasteiger partial charge in [-0.25, -0.2) is 4.98 Å². The number of aromatic nitrogens is 1. The van der Waals surface area contributed by atoms with E-state index in [0.717, 1.165) is 24.2 Å². The van der Waals surface area contributed by atoms with Crippen LogP contribution < -0.4 is 10.1 Å². The van der Waals surface area contributed by atoms with Crippen LogP contribution in [0.25, 0.3) is 0 Å². The molecule has 5 heteroatoms. The van der Waals surface area contributed by atoms with Gasteiger partial charge < -0.3 is 10.1 Å². The molecule has 0 saturated carbocycles. The summed E-state index contributed by atoms with van der Waals surface area (Å²) in [6, 6.07) is 13.4. The highest BCUT2D eigenvalue weighted by molar-refractivity contribution is 7.07. The van der Waals surface area contributed by atoms with E-state index in [9.17, 15) is 4.79 Å². The Bertz CT molecular complexity index is 890. The number of hydrogen-bond acceptors (Lipinski definition) is 4. The van der Waals surface area contributed by atoms with E-state index in [1.54, 1.807) is 17.6 Å². The number of ether oxygens (including phenoxy) is 1. The molecule has 0 spiro atoms. The fourth-order valence-corrected chi connectivity index (χ4v) is 3.59. The standard InChI is InChI=1S/C20H18N2O2S/c23-20(22-17-8-7-14-3-1-4-15(14)9-17)16-5-2-6-19(10-16)24-11-18-12-25-13-21-18/h2,5-10,12-13H,1,3-4,11H2,(H,22,23). The average molecular weight is 350 g/mol. The van der Waals surface area contributed by atoms with Crippen LogP contribution in [0.3, 0.4) is 0 Å². The van der Waals surface area contributed by atoms with Crippen molar-refractivity contribution in [2.24, 2.45) is 0 Å². The van der Waals surface area contributed by atoms with Crippen molar-refractivity contribution < 1.29 is 9.53 Å². The first-order chi connectivity index (χ1) is 12.3. The number of thiazole rings is 1. The van der Waals surface area contributed by atoms with Gasteiger partial charge in [-0.15, -0.1) is 11.3 Å². The minimum Gasteiger partial charge on any atom is -0.487 e. The van der Waals surface area contributed by atoms with Crippen molar-refractivity contribution in [1.82, 2.24) is 4.98 Å². The van der Waals surface area contributed by atoms with Gasteiger partial charge in [0.1, 0.15) is 12.4 Å². The molecule has 3 aromatic rings. The summed E-state index contributed by atoms with van der Waals surface area (Å²) < 4.78 is 5.72. The van der Waals surface area contributed by atoms with Gasteiger partial charge in [-0.05, 0) is 60.7 Å². The van der Waals surface area contributed by atoms with Crippen molar-refractivity contribution in [3.8, 4) is 5.75 Å². The van der Waals surface area contributed by atoms with Crippen LogP contribution in [-0.2, 0) is 19.4 Å². The number of amides is 1. The molecule has 0 fully saturated rings. The van der Waals surface area contributed by atoms with Crippen molar-refractivity contribution >= 4 is 22.9 Å². The molecule has 2 aromatic carbocycles. The summed E-state index contributed by atoms with van der Waals surface area (Å²) in [4.78, 5) is 16.7. The quantitative estimate of drug-likeness (QED) is 0.739. The maximum absolute atomic E-state index is 12.5. The fourth-order valence-electron chi connectivity index (χ4n) is 3.05. The van der Waals surface area contributed by atoms with Crippen LogP contribution in [0.15, 0.2) is 53.4 Å². The van der Waals surface area contributed by atoms with E-state index in [2.05, 4.69) is 22.4 Å². The first kappa shape index (κ1) is 15.8. The zero-order valence-electron chi connectivity index (χ0n) is 13.7. The second-order valence-corrected chi connectivity index (χ2v) is 6.81. The molecule has 1 heterocycles. The largest absolute Gasteiger partial charge is 0.487 e. The Morgan fingerprint density at radius 2 is 2.08 bits per heavy atom. The highest BCUT2D eigenvalue weighted by atomic mass is 32.1. The average Bonchev–Trinajstić information content (AvgIpc) is 3.31. The topological polar surface area (TPSA) is 51.2 Å². The lowest BCUT2D eigenvalue weighted by atomic mass is 10.1. The monoisotopic (exact) mass is 350 g/mol. The Morgan fingerprint density at radius 3 is 2.96 bits per heavy atom. The molecule has 4 rings (SSSR count). The zero-order chi connectivity index (χ0) is 17.1. The van der Waals surface area contributed by atoms with Crippen molar-refractivity contribution in [3.63, 3.8) is 0 Å². The molecule has 1 aromatic heterocycles. The summed E-state index contributed by atoms with van der Waals surface area (Å²) in [5.41, 5.74) is 6.83. The van der Waals surface area contributed by atoms with Crippen LogP contribution in [0.4, 0.5) is 5.69 Å². The molecule has 0 aliphatic heterocycles. The normalized spacial score (nSPS) is 12.6. The molecule has 25 heavy (non-hydrogen) atoms. The second kappa shape index (κ2) is 7.07. The molecule has 0 unspecified atom stereocenters. The Kier molecular flexibility index (Phi) is 4.48. The van der Waals surface area contributed by atoms with E-state index >= 15 is 0 Å². The van der Waals surface area contributed by atoms with E-state index in [-0.39, 0.29) is 5.91 Å². The fraction of sp³-hybridized carbons (Fsp3) is 0.200. The Hall–Kier alpha value is -2.66. The summed E-state index contributed by atoms with van der Waals surface area (Å²) in [7, 11) is 0. The number of carbonyl (C=O) groups excluding carboxylic acids is 1. The number of aryl methyl sites for hydroxylation is 2. The van der Waals surface area contributed by atoms with Gasteiger partial charge >= 0.3 is 0 Å². The van der Waals surface area contributed by atoms with Crippen molar-refractivity contribution in [2.75, 3.05) is 5.32 Å². The number of hydrogen-bond donors (Lipinski definition) is 1. The minimum absolute atomic E-state index is 0.128. The molecule has 0 bridgehead atoms. The highest BCUT2D eigenvalue weighted by Crippen LogP contribution is 2.25. The van der Waals surface area contributed by atoms with E-state index < -0.39 is 0 Å². The van der Waals surface area contributed by atoms with Gasteiger partial charge in [-0.3, -0.25) is 4.79 Å². The predicted molar refractivity (Wildman–Crippen MR) is 99.3 cm³/mol. The van der Waals surface area contributed by atoms with Crippen LogP contribution in [0.5, 0.6) is 5.75 Å². The summed E-state index contributed by atoms with van der Waals surface area (Å²) in [6.07, 6.45) is 3.44.